The molecular weight excluding hydrogens is 176 g/mol. The summed E-state index contributed by atoms with van der Waals surface area (Å²) < 4.78 is 2.04. The van der Waals surface area contributed by atoms with Crippen LogP contribution in [0.25, 0.3) is 0 Å². The van der Waals surface area contributed by atoms with Gasteiger partial charge in [0, 0.05) is 32.0 Å². The predicted octanol–water partition coefficient (Wildman–Crippen LogP) is 0.460. The molecule has 0 spiro atoms. The SMILES string of the molecule is CC(CNCc1nccn1C)N(C)C. The Hall–Kier alpha value is -0.870. The van der Waals surface area contributed by atoms with E-state index in [0.717, 1.165) is 18.9 Å². The van der Waals surface area contributed by atoms with Crippen LogP contribution in [0.4, 0.5) is 0 Å². The van der Waals surface area contributed by atoms with Crippen molar-refractivity contribution >= 4 is 0 Å². The highest BCUT2D eigenvalue weighted by atomic mass is 15.1. The van der Waals surface area contributed by atoms with Gasteiger partial charge in [-0.2, -0.15) is 0 Å². The first-order chi connectivity index (χ1) is 6.61. The molecule has 0 aromatic carbocycles. The lowest BCUT2D eigenvalue weighted by atomic mass is 10.3. The number of aromatic nitrogens is 2. The van der Waals surface area contributed by atoms with Gasteiger partial charge in [-0.25, -0.2) is 4.98 Å². The van der Waals surface area contributed by atoms with Crippen molar-refractivity contribution in [2.24, 2.45) is 7.05 Å². The first-order valence-electron chi connectivity index (χ1n) is 4.94. The van der Waals surface area contributed by atoms with Crippen LogP contribution in [0.5, 0.6) is 0 Å². The number of nitrogens with one attached hydrogen (secondary N) is 1. The minimum Gasteiger partial charge on any atom is -0.337 e. The Bertz CT molecular complexity index is 267. The van der Waals surface area contributed by atoms with Gasteiger partial charge in [0.05, 0.1) is 6.54 Å². The van der Waals surface area contributed by atoms with Gasteiger partial charge in [-0.05, 0) is 21.0 Å². The third-order valence-corrected chi connectivity index (χ3v) is 2.53. The normalized spacial score (nSPS) is 13.5. The van der Waals surface area contributed by atoms with Crippen molar-refractivity contribution in [2.45, 2.75) is 19.5 Å². The minimum absolute atomic E-state index is 0.551. The van der Waals surface area contributed by atoms with Crippen LogP contribution in [0.1, 0.15) is 12.7 Å². The first kappa shape index (κ1) is 11.2. The van der Waals surface area contributed by atoms with Crippen molar-refractivity contribution in [3.05, 3.63) is 18.2 Å². The summed E-state index contributed by atoms with van der Waals surface area (Å²) in [5.74, 6) is 1.08. The van der Waals surface area contributed by atoms with E-state index in [2.05, 4.69) is 36.2 Å². The van der Waals surface area contributed by atoms with E-state index < -0.39 is 0 Å². The van der Waals surface area contributed by atoms with E-state index in [-0.39, 0.29) is 0 Å². The van der Waals surface area contributed by atoms with E-state index >= 15 is 0 Å². The zero-order valence-corrected chi connectivity index (χ0v) is 9.49. The molecule has 1 rings (SSSR count). The first-order valence-corrected chi connectivity index (χ1v) is 4.94. The summed E-state index contributed by atoms with van der Waals surface area (Å²) >= 11 is 0. The Morgan fingerprint density at radius 3 is 2.79 bits per heavy atom. The number of imidazole rings is 1. The van der Waals surface area contributed by atoms with Gasteiger partial charge in [0.2, 0.25) is 0 Å². The fourth-order valence-corrected chi connectivity index (χ4v) is 1.14. The molecule has 1 atom stereocenters. The van der Waals surface area contributed by atoms with Crippen molar-refractivity contribution in [2.75, 3.05) is 20.6 Å². The standard InChI is InChI=1S/C10H20N4/c1-9(13(2)3)7-11-8-10-12-5-6-14(10)4/h5-6,9,11H,7-8H2,1-4H3. The van der Waals surface area contributed by atoms with E-state index in [1.165, 1.54) is 0 Å². The second-order valence-corrected chi connectivity index (χ2v) is 3.90. The maximum atomic E-state index is 4.24. The maximum Gasteiger partial charge on any atom is 0.122 e. The molecule has 0 saturated carbocycles. The molecule has 80 valence electrons. The van der Waals surface area contributed by atoms with E-state index in [4.69, 9.17) is 0 Å². The molecule has 1 unspecified atom stereocenters. The van der Waals surface area contributed by atoms with Gasteiger partial charge in [-0.3, -0.25) is 0 Å². The topological polar surface area (TPSA) is 33.1 Å². The molecular formula is C10H20N4. The molecule has 0 radical (unpaired) electrons. The summed E-state index contributed by atoms with van der Waals surface area (Å²) in [6.07, 6.45) is 3.79. The third-order valence-electron chi connectivity index (χ3n) is 2.53. The Kier molecular flexibility index (Phi) is 4.10. The van der Waals surface area contributed by atoms with E-state index in [0.29, 0.717) is 6.04 Å². The van der Waals surface area contributed by atoms with Crippen LogP contribution in [-0.2, 0) is 13.6 Å². The molecule has 1 aromatic heterocycles. The number of rotatable bonds is 5. The van der Waals surface area contributed by atoms with Gasteiger partial charge in [0.25, 0.3) is 0 Å². The summed E-state index contributed by atoms with van der Waals surface area (Å²) in [5.41, 5.74) is 0. The number of aryl methyl sites for hydroxylation is 1. The van der Waals surface area contributed by atoms with Crippen molar-refractivity contribution in [1.82, 2.24) is 19.8 Å². The average Bonchev–Trinajstić information content (AvgIpc) is 2.51. The molecule has 0 fully saturated rings. The van der Waals surface area contributed by atoms with Gasteiger partial charge in [0.15, 0.2) is 0 Å². The minimum atomic E-state index is 0.551. The fraction of sp³-hybridized carbons (Fsp3) is 0.700. The molecule has 1 aromatic rings. The molecule has 0 aliphatic heterocycles. The highest BCUT2D eigenvalue weighted by molar-refractivity contribution is 4.90. The van der Waals surface area contributed by atoms with Crippen molar-refractivity contribution in [3.63, 3.8) is 0 Å². The fourth-order valence-electron chi connectivity index (χ4n) is 1.14. The van der Waals surface area contributed by atoms with E-state index in [1.54, 1.807) is 0 Å². The van der Waals surface area contributed by atoms with Gasteiger partial charge in [-0.1, -0.05) is 0 Å². The lowest BCUT2D eigenvalue weighted by Crippen LogP contribution is -2.35. The molecule has 0 amide bonds. The van der Waals surface area contributed by atoms with Gasteiger partial charge in [0.1, 0.15) is 5.82 Å². The smallest absolute Gasteiger partial charge is 0.122 e. The molecule has 1 N–H and O–H groups in total. The molecule has 0 bridgehead atoms. The third kappa shape index (κ3) is 3.12. The van der Waals surface area contributed by atoms with Gasteiger partial charge >= 0.3 is 0 Å². The zero-order chi connectivity index (χ0) is 10.6. The Morgan fingerprint density at radius 2 is 2.29 bits per heavy atom. The van der Waals surface area contributed by atoms with Crippen LogP contribution < -0.4 is 5.32 Å². The van der Waals surface area contributed by atoms with Crippen molar-refractivity contribution < 1.29 is 0 Å². The van der Waals surface area contributed by atoms with Crippen molar-refractivity contribution in [3.8, 4) is 0 Å². The lowest BCUT2D eigenvalue weighted by molar-refractivity contribution is 0.301. The van der Waals surface area contributed by atoms with E-state index in [1.807, 2.05) is 24.0 Å². The Morgan fingerprint density at radius 1 is 1.57 bits per heavy atom. The van der Waals surface area contributed by atoms with Gasteiger partial charge < -0.3 is 14.8 Å². The summed E-state index contributed by atoms with van der Waals surface area (Å²) in [6, 6.07) is 0.551. The summed E-state index contributed by atoms with van der Waals surface area (Å²) in [7, 11) is 6.19. The largest absolute Gasteiger partial charge is 0.337 e. The average molecular weight is 196 g/mol. The van der Waals surface area contributed by atoms with Crippen LogP contribution >= 0.6 is 0 Å². The highest BCUT2D eigenvalue weighted by Crippen LogP contribution is 1.94. The predicted molar refractivity (Wildman–Crippen MR) is 58.1 cm³/mol. The van der Waals surface area contributed by atoms with Crippen LogP contribution in [0.15, 0.2) is 12.4 Å². The lowest BCUT2D eigenvalue weighted by Gasteiger charge is -2.19. The van der Waals surface area contributed by atoms with Crippen LogP contribution in [0.3, 0.4) is 0 Å². The monoisotopic (exact) mass is 196 g/mol. The summed E-state index contributed by atoms with van der Waals surface area (Å²) in [5, 5.41) is 3.38. The number of likely N-dealkylation sites (N-methyl/N-ethyl adjacent to an activating group) is 1. The van der Waals surface area contributed by atoms with Crippen LogP contribution in [0, 0.1) is 0 Å². The zero-order valence-electron chi connectivity index (χ0n) is 9.49. The second kappa shape index (κ2) is 5.12. The van der Waals surface area contributed by atoms with Gasteiger partial charge in [-0.15, -0.1) is 0 Å². The van der Waals surface area contributed by atoms with E-state index in [9.17, 15) is 0 Å². The van der Waals surface area contributed by atoms with Crippen LogP contribution in [-0.4, -0.2) is 41.1 Å². The number of nitrogens with zero attached hydrogens (tertiary/aromatic N) is 3. The molecule has 0 aliphatic rings. The molecule has 0 aliphatic carbocycles. The molecule has 1 heterocycles. The quantitative estimate of drug-likeness (QED) is 0.742. The molecule has 14 heavy (non-hydrogen) atoms. The molecule has 0 saturated heterocycles. The second-order valence-electron chi connectivity index (χ2n) is 3.90. The summed E-state index contributed by atoms with van der Waals surface area (Å²) in [4.78, 5) is 6.44. The number of hydrogen-bond acceptors (Lipinski definition) is 3. The summed E-state index contributed by atoms with van der Waals surface area (Å²) in [6.45, 7) is 4.02. The molecule has 4 nitrogen and oxygen atoms in total. The number of hydrogen-bond donors (Lipinski definition) is 1. The van der Waals surface area contributed by atoms with Crippen LogP contribution in [0.2, 0.25) is 0 Å². The van der Waals surface area contributed by atoms with Crippen molar-refractivity contribution in [1.29, 1.82) is 0 Å². The Balaban J connectivity index is 2.25. The maximum absolute atomic E-state index is 4.24. The Labute approximate surface area is 85.9 Å². The molecule has 4 heteroatoms. The highest BCUT2D eigenvalue weighted by Gasteiger charge is 2.04.